The molecule has 1 N–H and O–H groups in total. The topological polar surface area (TPSA) is 69.2 Å². The Hall–Kier alpha value is -3.02. The van der Waals surface area contributed by atoms with Crippen molar-refractivity contribution in [2.24, 2.45) is 5.10 Å². The van der Waals surface area contributed by atoms with E-state index in [1.54, 1.807) is 32.4 Å². The predicted molar refractivity (Wildman–Crippen MR) is 96.7 cm³/mol. The van der Waals surface area contributed by atoms with Crippen LogP contribution in [0.15, 0.2) is 41.5 Å². The molecule has 0 unspecified atom stereocenters. The summed E-state index contributed by atoms with van der Waals surface area (Å²) in [6.07, 6.45) is 1.51. The van der Waals surface area contributed by atoms with E-state index in [-0.39, 0.29) is 12.5 Å². The summed E-state index contributed by atoms with van der Waals surface area (Å²) in [6, 6.07) is 11.1. The minimum atomic E-state index is -0.342. The maximum Gasteiger partial charge on any atom is 0.277 e. The molecule has 0 atom stereocenters. The van der Waals surface area contributed by atoms with Gasteiger partial charge in [-0.05, 0) is 49.2 Å². The number of ether oxygens (including phenoxy) is 3. The highest BCUT2D eigenvalue weighted by molar-refractivity contribution is 5.83. The fraction of sp³-hybridized carbons (Fsp3) is 0.263. The lowest BCUT2D eigenvalue weighted by Crippen LogP contribution is -2.24. The number of carbonyl (C=O) groups excluding carboxylic acids is 1. The van der Waals surface area contributed by atoms with Crippen molar-refractivity contribution in [3.05, 3.63) is 53.1 Å². The summed E-state index contributed by atoms with van der Waals surface area (Å²) < 4.78 is 15.8. The van der Waals surface area contributed by atoms with Gasteiger partial charge >= 0.3 is 0 Å². The van der Waals surface area contributed by atoms with Crippen LogP contribution in [0.25, 0.3) is 0 Å². The fourth-order valence-corrected chi connectivity index (χ4v) is 2.28. The van der Waals surface area contributed by atoms with Crippen molar-refractivity contribution in [2.45, 2.75) is 13.8 Å². The molecule has 25 heavy (non-hydrogen) atoms. The first-order valence-electron chi connectivity index (χ1n) is 7.76. The molecule has 0 bridgehead atoms. The van der Waals surface area contributed by atoms with Gasteiger partial charge in [-0.15, -0.1) is 0 Å². The molecule has 0 radical (unpaired) electrons. The van der Waals surface area contributed by atoms with E-state index in [1.165, 1.54) is 6.21 Å². The van der Waals surface area contributed by atoms with Gasteiger partial charge in [0, 0.05) is 11.6 Å². The number of hydrogen-bond acceptors (Lipinski definition) is 5. The highest BCUT2D eigenvalue weighted by Crippen LogP contribution is 2.21. The average Bonchev–Trinajstić information content (AvgIpc) is 2.58. The molecular weight excluding hydrogens is 320 g/mol. The molecule has 1 amide bonds. The third-order valence-electron chi connectivity index (χ3n) is 3.34. The number of hydrazone groups is 1. The van der Waals surface area contributed by atoms with Crippen molar-refractivity contribution >= 4 is 12.1 Å². The molecule has 6 nitrogen and oxygen atoms in total. The molecule has 0 heterocycles. The maximum atomic E-state index is 11.8. The zero-order valence-electron chi connectivity index (χ0n) is 14.8. The van der Waals surface area contributed by atoms with Crippen molar-refractivity contribution in [1.29, 1.82) is 0 Å². The van der Waals surface area contributed by atoms with E-state index in [0.717, 1.165) is 16.7 Å². The quantitative estimate of drug-likeness (QED) is 0.620. The Balaban J connectivity index is 1.90. The molecule has 2 aromatic carbocycles. The van der Waals surface area contributed by atoms with Crippen LogP contribution in [0.2, 0.25) is 0 Å². The summed E-state index contributed by atoms with van der Waals surface area (Å²) in [4.78, 5) is 11.8. The molecule has 0 saturated carbocycles. The predicted octanol–water partition coefficient (Wildman–Crippen LogP) is 2.85. The summed E-state index contributed by atoms with van der Waals surface area (Å²) in [5.41, 5.74) is 5.34. The maximum absolute atomic E-state index is 11.8. The molecule has 0 aliphatic carbocycles. The summed E-state index contributed by atoms with van der Waals surface area (Å²) in [7, 11) is 3.14. The van der Waals surface area contributed by atoms with Crippen LogP contribution in [-0.4, -0.2) is 32.9 Å². The number of carbonyl (C=O) groups is 1. The molecule has 0 spiro atoms. The molecular formula is C19H22N2O4. The first-order valence-corrected chi connectivity index (χ1v) is 7.76. The van der Waals surface area contributed by atoms with Gasteiger partial charge in [0.25, 0.3) is 5.91 Å². The summed E-state index contributed by atoms with van der Waals surface area (Å²) in [5, 5.41) is 3.92. The molecule has 0 fully saturated rings. The van der Waals surface area contributed by atoms with Crippen molar-refractivity contribution in [1.82, 2.24) is 5.43 Å². The Morgan fingerprint density at radius 2 is 1.56 bits per heavy atom. The van der Waals surface area contributed by atoms with Crippen LogP contribution in [0.3, 0.4) is 0 Å². The van der Waals surface area contributed by atoms with Gasteiger partial charge in [-0.25, -0.2) is 5.43 Å². The lowest BCUT2D eigenvalue weighted by Gasteiger charge is -2.07. The zero-order valence-corrected chi connectivity index (χ0v) is 14.8. The number of benzene rings is 2. The van der Waals surface area contributed by atoms with E-state index in [4.69, 9.17) is 14.2 Å². The van der Waals surface area contributed by atoms with Crippen molar-refractivity contribution in [2.75, 3.05) is 20.8 Å². The number of nitrogens with zero attached hydrogens (tertiary/aromatic N) is 1. The van der Waals surface area contributed by atoms with E-state index < -0.39 is 0 Å². The fourth-order valence-electron chi connectivity index (χ4n) is 2.28. The SMILES string of the molecule is COc1cc(/C=N\NC(=O)COc2cc(C)cc(C)c2)cc(OC)c1. The first-order chi connectivity index (χ1) is 12.0. The number of methoxy groups -OCH3 is 2. The molecule has 0 aliphatic rings. The van der Waals surface area contributed by atoms with Crippen molar-refractivity contribution < 1.29 is 19.0 Å². The smallest absolute Gasteiger partial charge is 0.277 e. The van der Waals surface area contributed by atoms with Gasteiger partial charge in [0.2, 0.25) is 0 Å². The Morgan fingerprint density at radius 1 is 0.960 bits per heavy atom. The van der Waals surface area contributed by atoms with Gasteiger partial charge in [0.15, 0.2) is 6.61 Å². The summed E-state index contributed by atoms with van der Waals surface area (Å²) in [5.74, 6) is 1.61. The molecule has 2 rings (SSSR count). The van der Waals surface area contributed by atoms with Gasteiger partial charge < -0.3 is 14.2 Å². The van der Waals surface area contributed by atoms with Crippen LogP contribution in [0.1, 0.15) is 16.7 Å². The van der Waals surface area contributed by atoms with Gasteiger partial charge in [0.1, 0.15) is 17.2 Å². The Morgan fingerprint density at radius 3 is 2.12 bits per heavy atom. The molecule has 6 heteroatoms. The third-order valence-corrected chi connectivity index (χ3v) is 3.34. The second kappa shape index (κ2) is 8.73. The van der Waals surface area contributed by atoms with Crippen LogP contribution in [0, 0.1) is 13.8 Å². The van der Waals surface area contributed by atoms with Crippen LogP contribution < -0.4 is 19.6 Å². The molecule has 2 aromatic rings. The summed E-state index contributed by atoms with van der Waals surface area (Å²) in [6.45, 7) is 3.85. The molecule has 132 valence electrons. The lowest BCUT2D eigenvalue weighted by molar-refractivity contribution is -0.123. The van der Waals surface area contributed by atoms with Crippen LogP contribution in [0.4, 0.5) is 0 Å². The largest absolute Gasteiger partial charge is 0.497 e. The van der Waals surface area contributed by atoms with Gasteiger partial charge in [-0.3, -0.25) is 4.79 Å². The Kier molecular flexibility index (Phi) is 6.39. The van der Waals surface area contributed by atoms with Crippen LogP contribution >= 0.6 is 0 Å². The van der Waals surface area contributed by atoms with E-state index >= 15 is 0 Å². The van der Waals surface area contributed by atoms with Crippen molar-refractivity contribution in [3.63, 3.8) is 0 Å². The van der Waals surface area contributed by atoms with Crippen molar-refractivity contribution in [3.8, 4) is 17.2 Å². The number of rotatable bonds is 7. The highest BCUT2D eigenvalue weighted by Gasteiger charge is 2.03. The van der Waals surface area contributed by atoms with Gasteiger partial charge in [-0.2, -0.15) is 5.10 Å². The monoisotopic (exact) mass is 342 g/mol. The highest BCUT2D eigenvalue weighted by atomic mass is 16.5. The lowest BCUT2D eigenvalue weighted by atomic mass is 10.1. The van der Waals surface area contributed by atoms with E-state index in [2.05, 4.69) is 10.5 Å². The normalized spacial score (nSPS) is 10.6. The molecule has 0 saturated heterocycles. The van der Waals surface area contributed by atoms with Crippen LogP contribution in [-0.2, 0) is 4.79 Å². The van der Waals surface area contributed by atoms with Crippen LogP contribution in [0.5, 0.6) is 17.2 Å². The molecule has 0 aliphatic heterocycles. The number of aryl methyl sites for hydroxylation is 2. The first kappa shape index (κ1) is 18.3. The van der Waals surface area contributed by atoms with Gasteiger partial charge in [0.05, 0.1) is 20.4 Å². The summed E-state index contributed by atoms with van der Waals surface area (Å²) >= 11 is 0. The zero-order chi connectivity index (χ0) is 18.2. The van der Waals surface area contributed by atoms with E-state index in [1.807, 2.05) is 32.0 Å². The van der Waals surface area contributed by atoms with Gasteiger partial charge in [-0.1, -0.05) is 6.07 Å². The molecule has 0 aromatic heterocycles. The Bertz CT molecular complexity index is 730. The number of amides is 1. The Labute approximate surface area is 147 Å². The standard InChI is InChI=1S/C19H22N2O4/c1-13-5-14(2)7-18(6-13)25-12-19(22)21-20-11-15-8-16(23-3)10-17(9-15)24-4/h5-11H,12H2,1-4H3,(H,21,22)/b20-11-. The second-order valence-corrected chi connectivity index (χ2v) is 5.55. The average molecular weight is 342 g/mol. The minimum Gasteiger partial charge on any atom is -0.497 e. The minimum absolute atomic E-state index is 0.109. The third kappa shape index (κ3) is 5.84. The van der Waals surface area contributed by atoms with E-state index in [0.29, 0.717) is 17.2 Å². The number of nitrogens with one attached hydrogen (secondary N) is 1. The second-order valence-electron chi connectivity index (χ2n) is 5.55. The van der Waals surface area contributed by atoms with E-state index in [9.17, 15) is 4.79 Å². The number of hydrogen-bond donors (Lipinski definition) is 1.